The lowest BCUT2D eigenvalue weighted by molar-refractivity contribution is -0.142. The molecule has 2 aliphatic heterocycles. The third-order valence-corrected chi connectivity index (χ3v) is 5.35. The number of rotatable bonds is 5. The van der Waals surface area contributed by atoms with E-state index >= 15 is 0 Å². The topological polar surface area (TPSA) is 40.6 Å². The maximum absolute atomic E-state index is 13.3. The Bertz CT molecular complexity index is 619. The molecule has 1 aromatic carbocycles. The number of amides is 2. The summed E-state index contributed by atoms with van der Waals surface area (Å²) in [5.41, 5.74) is 1.02. The van der Waals surface area contributed by atoms with Crippen molar-refractivity contribution in [1.29, 1.82) is 0 Å². The van der Waals surface area contributed by atoms with Gasteiger partial charge in [-0.1, -0.05) is 12.1 Å². The van der Waals surface area contributed by atoms with Crippen molar-refractivity contribution < 1.29 is 14.0 Å². The minimum Gasteiger partial charge on any atom is -0.341 e. The molecule has 2 fully saturated rings. The molecule has 0 saturated carbocycles. The number of hydrogen-bond donors (Lipinski definition) is 0. The number of carbonyl (C=O) groups excluding carboxylic acids is 2. The minimum absolute atomic E-state index is 0.0747. The van der Waals surface area contributed by atoms with E-state index in [0.29, 0.717) is 18.9 Å². The van der Waals surface area contributed by atoms with Gasteiger partial charge in [0.1, 0.15) is 5.82 Å². The largest absolute Gasteiger partial charge is 0.341 e. The van der Waals surface area contributed by atoms with E-state index in [1.807, 2.05) is 11.0 Å². The highest BCUT2D eigenvalue weighted by Crippen LogP contribution is 2.22. The highest BCUT2D eigenvalue weighted by Gasteiger charge is 2.27. The molecule has 0 aromatic heterocycles. The van der Waals surface area contributed by atoms with Gasteiger partial charge < -0.3 is 9.80 Å². The van der Waals surface area contributed by atoms with E-state index in [1.165, 1.54) is 6.07 Å². The van der Waals surface area contributed by atoms with Gasteiger partial charge in [0.25, 0.3) is 0 Å². The van der Waals surface area contributed by atoms with Crippen molar-refractivity contribution in [2.24, 2.45) is 5.92 Å². The zero-order valence-electron chi connectivity index (χ0n) is 14.8. The SMILES string of the molecule is O=C1CCCCN1CC(=O)N1CCC[C@H](CCc2cccc(F)c2)C1. The van der Waals surface area contributed by atoms with Crippen LogP contribution in [0.25, 0.3) is 0 Å². The Morgan fingerprint density at radius 1 is 1.20 bits per heavy atom. The predicted octanol–water partition coefficient (Wildman–Crippen LogP) is 3.01. The fraction of sp³-hybridized carbons (Fsp3) is 0.600. The Morgan fingerprint density at radius 2 is 2.08 bits per heavy atom. The van der Waals surface area contributed by atoms with Crippen LogP contribution in [0.1, 0.15) is 44.1 Å². The summed E-state index contributed by atoms with van der Waals surface area (Å²) in [4.78, 5) is 28.1. The van der Waals surface area contributed by atoms with E-state index in [4.69, 9.17) is 0 Å². The van der Waals surface area contributed by atoms with Gasteiger partial charge in [0, 0.05) is 26.1 Å². The quantitative estimate of drug-likeness (QED) is 0.822. The molecule has 0 N–H and O–H groups in total. The predicted molar refractivity (Wildman–Crippen MR) is 94.5 cm³/mol. The summed E-state index contributed by atoms with van der Waals surface area (Å²) in [6.45, 7) is 2.49. The van der Waals surface area contributed by atoms with Crippen LogP contribution < -0.4 is 0 Å². The van der Waals surface area contributed by atoms with Gasteiger partial charge in [-0.05, 0) is 62.1 Å². The molecule has 1 atom stereocenters. The highest BCUT2D eigenvalue weighted by atomic mass is 19.1. The van der Waals surface area contributed by atoms with Crippen LogP contribution in [0.4, 0.5) is 4.39 Å². The van der Waals surface area contributed by atoms with E-state index < -0.39 is 0 Å². The van der Waals surface area contributed by atoms with Gasteiger partial charge in [0.05, 0.1) is 6.54 Å². The molecule has 0 unspecified atom stereocenters. The third-order valence-electron chi connectivity index (χ3n) is 5.35. The Balaban J connectivity index is 1.48. The number of aryl methyl sites for hydroxylation is 1. The molecule has 3 rings (SSSR count). The van der Waals surface area contributed by atoms with E-state index in [1.54, 1.807) is 17.0 Å². The van der Waals surface area contributed by atoms with Crippen LogP contribution in [-0.4, -0.2) is 47.8 Å². The zero-order chi connectivity index (χ0) is 17.6. The van der Waals surface area contributed by atoms with Crippen molar-refractivity contribution in [1.82, 2.24) is 9.80 Å². The van der Waals surface area contributed by atoms with Gasteiger partial charge in [0.15, 0.2) is 0 Å². The van der Waals surface area contributed by atoms with Gasteiger partial charge in [-0.15, -0.1) is 0 Å². The zero-order valence-corrected chi connectivity index (χ0v) is 14.8. The molecule has 2 amide bonds. The molecular weight excluding hydrogens is 319 g/mol. The molecule has 2 aliphatic rings. The van der Waals surface area contributed by atoms with Crippen LogP contribution >= 0.6 is 0 Å². The van der Waals surface area contributed by atoms with Gasteiger partial charge in [-0.3, -0.25) is 9.59 Å². The summed E-state index contributed by atoms with van der Waals surface area (Å²) in [6.07, 6.45) is 6.44. The summed E-state index contributed by atoms with van der Waals surface area (Å²) in [5.74, 6) is 0.451. The number of nitrogens with zero attached hydrogens (tertiary/aromatic N) is 2. The summed E-state index contributed by atoms with van der Waals surface area (Å²) in [5, 5.41) is 0. The Kier molecular flexibility index (Phi) is 6.05. The van der Waals surface area contributed by atoms with Gasteiger partial charge in [-0.25, -0.2) is 4.39 Å². The summed E-state index contributed by atoms with van der Waals surface area (Å²) < 4.78 is 13.3. The first kappa shape index (κ1) is 17.9. The highest BCUT2D eigenvalue weighted by molar-refractivity contribution is 5.85. The van der Waals surface area contributed by atoms with Crippen LogP contribution in [-0.2, 0) is 16.0 Å². The molecule has 0 spiro atoms. The Hall–Kier alpha value is -1.91. The number of carbonyl (C=O) groups is 2. The standard InChI is InChI=1S/C20H27FN2O2/c21-18-7-3-5-16(13-18)9-10-17-6-4-12-22(14-17)20(25)15-23-11-2-1-8-19(23)24/h3,5,7,13,17H,1-2,4,6,8-12,14-15H2/t17-/m1/s1. The third kappa shape index (κ3) is 5.03. The van der Waals surface area contributed by atoms with Crippen LogP contribution in [0.5, 0.6) is 0 Å². The molecule has 0 radical (unpaired) electrons. The molecule has 136 valence electrons. The van der Waals surface area contributed by atoms with Crippen LogP contribution in [0, 0.1) is 11.7 Å². The molecule has 4 nitrogen and oxygen atoms in total. The van der Waals surface area contributed by atoms with E-state index in [0.717, 1.165) is 57.2 Å². The second kappa shape index (κ2) is 8.45. The molecule has 0 bridgehead atoms. The summed E-state index contributed by atoms with van der Waals surface area (Å²) >= 11 is 0. The Morgan fingerprint density at radius 3 is 2.88 bits per heavy atom. The second-order valence-corrected chi connectivity index (χ2v) is 7.29. The minimum atomic E-state index is -0.191. The summed E-state index contributed by atoms with van der Waals surface area (Å²) in [6, 6.07) is 6.76. The normalized spacial score (nSPS) is 21.5. The molecule has 1 aromatic rings. The fourth-order valence-corrected chi connectivity index (χ4v) is 3.88. The van der Waals surface area contributed by atoms with Crippen molar-refractivity contribution in [2.45, 2.75) is 44.9 Å². The van der Waals surface area contributed by atoms with Crippen molar-refractivity contribution in [2.75, 3.05) is 26.2 Å². The Labute approximate surface area is 149 Å². The van der Waals surface area contributed by atoms with Crippen molar-refractivity contribution in [3.63, 3.8) is 0 Å². The molecule has 5 heteroatoms. The second-order valence-electron chi connectivity index (χ2n) is 7.29. The van der Waals surface area contributed by atoms with Crippen LogP contribution in [0.3, 0.4) is 0 Å². The molecule has 0 aliphatic carbocycles. The number of hydrogen-bond acceptors (Lipinski definition) is 2. The lowest BCUT2D eigenvalue weighted by atomic mass is 9.91. The van der Waals surface area contributed by atoms with Crippen LogP contribution in [0.2, 0.25) is 0 Å². The first-order chi connectivity index (χ1) is 12.1. The molecule has 2 saturated heterocycles. The monoisotopic (exact) mass is 346 g/mol. The lowest BCUT2D eigenvalue weighted by Crippen LogP contribution is -2.47. The van der Waals surface area contributed by atoms with Gasteiger partial charge in [-0.2, -0.15) is 0 Å². The molecular formula is C20H27FN2O2. The van der Waals surface area contributed by atoms with Crippen molar-refractivity contribution >= 4 is 11.8 Å². The average Bonchev–Trinajstić information content (AvgIpc) is 2.62. The number of benzene rings is 1. The smallest absolute Gasteiger partial charge is 0.242 e. The lowest BCUT2D eigenvalue weighted by Gasteiger charge is -2.35. The van der Waals surface area contributed by atoms with E-state index in [-0.39, 0.29) is 24.2 Å². The van der Waals surface area contributed by atoms with Gasteiger partial charge in [0.2, 0.25) is 11.8 Å². The van der Waals surface area contributed by atoms with Crippen molar-refractivity contribution in [3.8, 4) is 0 Å². The van der Waals surface area contributed by atoms with Crippen molar-refractivity contribution in [3.05, 3.63) is 35.6 Å². The average molecular weight is 346 g/mol. The van der Waals surface area contributed by atoms with Crippen LogP contribution in [0.15, 0.2) is 24.3 Å². The number of halogens is 1. The first-order valence-electron chi connectivity index (χ1n) is 9.42. The number of piperidine rings is 2. The first-order valence-corrected chi connectivity index (χ1v) is 9.42. The van der Waals surface area contributed by atoms with E-state index in [2.05, 4.69) is 0 Å². The van der Waals surface area contributed by atoms with Gasteiger partial charge >= 0.3 is 0 Å². The molecule has 2 heterocycles. The fourth-order valence-electron chi connectivity index (χ4n) is 3.88. The van der Waals surface area contributed by atoms with E-state index in [9.17, 15) is 14.0 Å². The maximum Gasteiger partial charge on any atom is 0.242 e. The maximum atomic E-state index is 13.3. The molecule has 25 heavy (non-hydrogen) atoms. The summed E-state index contributed by atoms with van der Waals surface area (Å²) in [7, 11) is 0. The number of likely N-dealkylation sites (tertiary alicyclic amines) is 2.